The van der Waals surface area contributed by atoms with E-state index in [-0.39, 0.29) is 0 Å². The van der Waals surface area contributed by atoms with Crippen molar-refractivity contribution in [2.75, 3.05) is 0 Å². The minimum absolute atomic E-state index is 0.447. The second kappa shape index (κ2) is 3.20. The van der Waals surface area contributed by atoms with Gasteiger partial charge in [-0.05, 0) is 18.4 Å². The van der Waals surface area contributed by atoms with Gasteiger partial charge in [-0.3, -0.25) is 0 Å². The maximum absolute atomic E-state index is 8.70. The second-order valence-electron chi connectivity index (χ2n) is 4.19. The van der Waals surface area contributed by atoms with E-state index in [0.29, 0.717) is 29.0 Å². The SMILES string of the molecule is CC1CC1c1noc(-c2cc(C#N)c[nH]2)n1. The molecule has 2 aromatic rings. The van der Waals surface area contributed by atoms with Crippen molar-refractivity contribution in [3.05, 3.63) is 23.7 Å². The van der Waals surface area contributed by atoms with E-state index in [9.17, 15) is 0 Å². The highest BCUT2D eigenvalue weighted by Crippen LogP contribution is 2.45. The molecule has 0 aliphatic heterocycles. The fraction of sp³-hybridized carbons (Fsp3) is 0.364. The Balaban J connectivity index is 1.89. The van der Waals surface area contributed by atoms with Crippen LogP contribution in [0.25, 0.3) is 11.6 Å². The third-order valence-electron chi connectivity index (χ3n) is 2.93. The lowest BCUT2D eigenvalue weighted by Gasteiger charge is -1.85. The Kier molecular flexibility index (Phi) is 1.83. The highest BCUT2D eigenvalue weighted by Gasteiger charge is 2.38. The van der Waals surface area contributed by atoms with Crippen LogP contribution in [0.1, 0.15) is 30.7 Å². The molecule has 2 atom stereocenters. The highest BCUT2D eigenvalue weighted by atomic mass is 16.5. The van der Waals surface area contributed by atoms with Crippen LogP contribution in [0.5, 0.6) is 0 Å². The zero-order valence-corrected chi connectivity index (χ0v) is 8.77. The van der Waals surface area contributed by atoms with Crippen molar-refractivity contribution in [1.29, 1.82) is 5.26 Å². The Morgan fingerprint density at radius 3 is 3.06 bits per heavy atom. The quantitative estimate of drug-likeness (QED) is 0.829. The van der Waals surface area contributed by atoms with Gasteiger partial charge in [-0.2, -0.15) is 10.2 Å². The van der Waals surface area contributed by atoms with Crippen LogP contribution in [0.4, 0.5) is 0 Å². The van der Waals surface area contributed by atoms with E-state index in [2.05, 4.69) is 22.0 Å². The van der Waals surface area contributed by atoms with Crippen molar-refractivity contribution in [3.8, 4) is 17.7 Å². The lowest BCUT2D eigenvalue weighted by Crippen LogP contribution is -1.84. The highest BCUT2D eigenvalue weighted by molar-refractivity contribution is 5.51. The number of nitrogens with one attached hydrogen (secondary N) is 1. The van der Waals surface area contributed by atoms with Crippen molar-refractivity contribution in [1.82, 2.24) is 15.1 Å². The van der Waals surface area contributed by atoms with Crippen LogP contribution in [0.3, 0.4) is 0 Å². The first-order valence-corrected chi connectivity index (χ1v) is 5.20. The summed E-state index contributed by atoms with van der Waals surface area (Å²) >= 11 is 0. The molecule has 1 fully saturated rings. The molecule has 5 nitrogen and oxygen atoms in total. The second-order valence-corrected chi connectivity index (χ2v) is 4.19. The van der Waals surface area contributed by atoms with E-state index in [1.54, 1.807) is 12.3 Å². The monoisotopic (exact) mass is 214 g/mol. The molecule has 1 aliphatic rings. The van der Waals surface area contributed by atoms with Crippen LogP contribution < -0.4 is 0 Å². The van der Waals surface area contributed by atoms with Gasteiger partial charge >= 0.3 is 0 Å². The van der Waals surface area contributed by atoms with E-state index in [1.165, 1.54) is 0 Å². The van der Waals surface area contributed by atoms with Crippen LogP contribution in [-0.4, -0.2) is 15.1 Å². The number of hydrogen-bond donors (Lipinski definition) is 1. The maximum Gasteiger partial charge on any atom is 0.274 e. The minimum Gasteiger partial charge on any atom is -0.356 e. The van der Waals surface area contributed by atoms with Gasteiger partial charge < -0.3 is 9.51 Å². The molecule has 1 N–H and O–H groups in total. The fourth-order valence-electron chi connectivity index (χ4n) is 1.76. The molecule has 2 aromatic heterocycles. The van der Waals surface area contributed by atoms with Gasteiger partial charge in [0.15, 0.2) is 5.82 Å². The summed E-state index contributed by atoms with van der Waals surface area (Å²) in [7, 11) is 0. The van der Waals surface area contributed by atoms with E-state index < -0.39 is 0 Å². The Labute approximate surface area is 92.1 Å². The maximum atomic E-state index is 8.70. The van der Waals surface area contributed by atoms with Crippen molar-refractivity contribution in [2.45, 2.75) is 19.3 Å². The molecule has 1 aliphatic carbocycles. The molecule has 2 heterocycles. The van der Waals surface area contributed by atoms with Gasteiger partial charge in [-0.1, -0.05) is 12.1 Å². The van der Waals surface area contributed by atoms with Crippen LogP contribution in [0.15, 0.2) is 16.8 Å². The number of nitrogens with zero attached hydrogens (tertiary/aromatic N) is 3. The number of aromatic nitrogens is 3. The summed E-state index contributed by atoms with van der Waals surface area (Å²) in [6.45, 7) is 2.17. The molecule has 16 heavy (non-hydrogen) atoms. The molecular formula is C11H10N4O. The Hall–Kier alpha value is -2.09. The van der Waals surface area contributed by atoms with Crippen LogP contribution in [0, 0.1) is 17.2 Å². The molecular weight excluding hydrogens is 204 g/mol. The summed E-state index contributed by atoms with van der Waals surface area (Å²) in [5, 5.41) is 12.7. The summed E-state index contributed by atoms with van der Waals surface area (Å²) < 4.78 is 5.16. The van der Waals surface area contributed by atoms with Gasteiger partial charge in [0, 0.05) is 12.1 Å². The first-order valence-electron chi connectivity index (χ1n) is 5.20. The van der Waals surface area contributed by atoms with Crippen LogP contribution in [0.2, 0.25) is 0 Å². The van der Waals surface area contributed by atoms with E-state index in [4.69, 9.17) is 9.78 Å². The number of aromatic amines is 1. The van der Waals surface area contributed by atoms with E-state index in [0.717, 1.165) is 12.2 Å². The first kappa shape index (κ1) is 9.16. The smallest absolute Gasteiger partial charge is 0.274 e. The Bertz CT molecular complexity index is 563. The summed E-state index contributed by atoms with van der Waals surface area (Å²) in [5.74, 6) is 2.33. The van der Waals surface area contributed by atoms with Crippen molar-refractivity contribution >= 4 is 0 Å². The molecule has 0 amide bonds. The third-order valence-corrected chi connectivity index (χ3v) is 2.93. The molecule has 5 heteroatoms. The molecule has 0 bridgehead atoms. The number of hydrogen-bond acceptors (Lipinski definition) is 4. The van der Waals surface area contributed by atoms with Gasteiger partial charge in [0.25, 0.3) is 5.89 Å². The third kappa shape index (κ3) is 1.39. The standard InChI is InChI=1S/C11H10N4O/c1-6-2-8(6)10-14-11(16-15-10)9-3-7(4-12)5-13-9/h3,5-6,8,13H,2H2,1H3. The Morgan fingerprint density at radius 2 is 2.44 bits per heavy atom. The van der Waals surface area contributed by atoms with Crippen molar-refractivity contribution in [3.63, 3.8) is 0 Å². The lowest BCUT2D eigenvalue weighted by molar-refractivity contribution is 0.421. The summed E-state index contributed by atoms with van der Waals surface area (Å²) in [4.78, 5) is 7.26. The molecule has 0 saturated heterocycles. The molecule has 0 radical (unpaired) electrons. The number of rotatable bonds is 2. The van der Waals surface area contributed by atoms with Gasteiger partial charge in [-0.25, -0.2) is 0 Å². The minimum atomic E-state index is 0.447. The van der Waals surface area contributed by atoms with Crippen molar-refractivity contribution in [2.24, 2.45) is 5.92 Å². The average Bonchev–Trinajstić information content (AvgIpc) is 2.80. The van der Waals surface area contributed by atoms with E-state index >= 15 is 0 Å². The predicted octanol–water partition coefficient (Wildman–Crippen LogP) is 2.06. The van der Waals surface area contributed by atoms with Crippen molar-refractivity contribution < 1.29 is 4.52 Å². The topological polar surface area (TPSA) is 78.5 Å². The molecule has 0 spiro atoms. The zero-order valence-electron chi connectivity index (χ0n) is 8.77. The fourth-order valence-corrected chi connectivity index (χ4v) is 1.76. The van der Waals surface area contributed by atoms with Crippen LogP contribution >= 0.6 is 0 Å². The van der Waals surface area contributed by atoms with Gasteiger partial charge in [0.2, 0.25) is 0 Å². The van der Waals surface area contributed by atoms with Gasteiger partial charge in [-0.15, -0.1) is 0 Å². The number of H-pyrrole nitrogens is 1. The molecule has 0 aromatic carbocycles. The molecule has 1 saturated carbocycles. The lowest BCUT2D eigenvalue weighted by atomic mass is 10.3. The molecule has 3 rings (SSSR count). The molecule has 80 valence electrons. The van der Waals surface area contributed by atoms with Gasteiger partial charge in [0.1, 0.15) is 11.8 Å². The summed E-state index contributed by atoms with van der Waals surface area (Å²) in [6, 6.07) is 3.75. The average molecular weight is 214 g/mol. The summed E-state index contributed by atoms with van der Waals surface area (Å²) in [5.41, 5.74) is 1.26. The zero-order chi connectivity index (χ0) is 11.1. The first-order chi connectivity index (χ1) is 7.78. The molecule has 2 unspecified atom stereocenters. The predicted molar refractivity (Wildman–Crippen MR) is 55.3 cm³/mol. The Morgan fingerprint density at radius 1 is 1.62 bits per heavy atom. The largest absolute Gasteiger partial charge is 0.356 e. The number of nitriles is 1. The van der Waals surface area contributed by atoms with E-state index in [1.807, 2.05) is 6.07 Å². The summed E-state index contributed by atoms with van der Waals surface area (Å²) in [6.07, 6.45) is 2.76. The van der Waals surface area contributed by atoms with Crippen LogP contribution in [-0.2, 0) is 0 Å². The normalized spacial score (nSPS) is 23.0. The van der Waals surface area contributed by atoms with Gasteiger partial charge in [0.05, 0.1) is 5.56 Å².